The largest absolute Gasteiger partial charge is 0.334 e. The van der Waals surface area contributed by atoms with Gasteiger partial charge in [0.05, 0.1) is 6.04 Å². The monoisotopic (exact) mass is 403 g/mol. The van der Waals surface area contributed by atoms with Crippen molar-refractivity contribution in [2.45, 2.75) is 24.9 Å². The molecule has 152 valence electrons. The van der Waals surface area contributed by atoms with E-state index in [0.29, 0.717) is 18.5 Å². The van der Waals surface area contributed by atoms with Crippen molar-refractivity contribution in [3.8, 4) is 0 Å². The average Bonchev–Trinajstić information content (AvgIpc) is 2.76. The minimum Gasteiger partial charge on any atom is -0.334 e. The lowest BCUT2D eigenvalue weighted by Crippen LogP contribution is -2.46. The van der Waals surface area contributed by atoms with Gasteiger partial charge in [-0.2, -0.15) is 0 Å². The van der Waals surface area contributed by atoms with Crippen LogP contribution in [0.1, 0.15) is 11.1 Å². The number of carbonyl (C=O) groups excluding carboxylic acids is 1. The van der Waals surface area contributed by atoms with Gasteiger partial charge in [-0.25, -0.2) is 9.18 Å². The highest BCUT2D eigenvalue weighted by molar-refractivity contribution is 5.89. The molecule has 30 heavy (non-hydrogen) atoms. The van der Waals surface area contributed by atoms with Crippen molar-refractivity contribution in [1.82, 2.24) is 5.32 Å². The first kappa shape index (κ1) is 20.9. The average molecular weight is 403 g/mol. The van der Waals surface area contributed by atoms with Crippen LogP contribution in [-0.2, 0) is 12.8 Å². The molecule has 7 heteroatoms. The Morgan fingerprint density at radius 3 is 2.03 bits per heavy atom. The van der Waals surface area contributed by atoms with Gasteiger partial charge in [-0.15, -0.1) is 0 Å². The van der Waals surface area contributed by atoms with Gasteiger partial charge in [0.1, 0.15) is 5.82 Å². The van der Waals surface area contributed by atoms with Crippen molar-refractivity contribution in [3.63, 3.8) is 0 Å². The summed E-state index contributed by atoms with van der Waals surface area (Å²) in [4.78, 5) is 15.6. The molecular weight excluding hydrogens is 381 g/mol. The van der Waals surface area contributed by atoms with Gasteiger partial charge < -0.3 is 10.6 Å². The number of anilines is 1. The van der Waals surface area contributed by atoms with Crippen LogP contribution in [0.25, 0.3) is 10.4 Å². The predicted octanol–water partition coefficient (Wildman–Crippen LogP) is 5.48. The Balaban J connectivity index is 1.79. The highest BCUT2D eigenvalue weighted by Crippen LogP contribution is 2.15. The third kappa shape index (κ3) is 6.36. The summed E-state index contributed by atoms with van der Waals surface area (Å²) in [5.41, 5.74) is 11.6. The van der Waals surface area contributed by atoms with Gasteiger partial charge in [0.25, 0.3) is 0 Å². The van der Waals surface area contributed by atoms with Crippen LogP contribution in [0, 0.1) is 5.82 Å². The molecular formula is C23H22FN5O. The standard InChI is InChI=1S/C23H22FN5O/c24-19-11-13-20(14-12-19)26-23(30)27-21(15-17-7-3-1-4-8-17)22(28-29-25)16-18-9-5-2-6-10-18/h1-14,21-22H,15-16H2,(H2,26,27,30)/t21-,22-/m0/s1. The normalized spacial score (nSPS) is 12.3. The number of benzene rings is 3. The van der Waals surface area contributed by atoms with Crippen LogP contribution in [0.5, 0.6) is 0 Å². The molecule has 0 unspecified atom stereocenters. The lowest BCUT2D eigenvalue weighted by atomic mass is 9.94. The zero-order chi connectivity index (χ0) is 21.2. The third-order valence-electron chi connectivity index (χ3n) is 4.67. The van der Waals surface area contributed by atoms with E-state index in [9.17, 15) is 9.18 Å². The summed E-state index contributed by atoms with van der Waals surface area (Å²) in [5.74, 6) is -0.380. The molecule has 2 N–H and O–H groups in total. The van der Waals surface area contributed by atoms with Crippen LogP contribution in [0.3, 0.4) is 0 Å². The maximum absolute atomic E-state index is 13.1. The number of nitrogens with zero attached hydrogens (tertiary/aromatic N) is 3. The van der Waals surface area contributed by atoms with Crippen molar-refractivity contribution in [1.29, 1.82) is 0 Å². The first-order valence-electron chi connectivity index (χ1n) is 9.59. The summed E-state index contributed by atoms with van der Waals surface area (Å²) >= 11 is 0. The lowest BCUT2D eigenvalue weighted by Gasteiger charge is -2.25. The topological polar surface area (TPSA) is 89.9 Å². The van der Waals surface area contributed by atoms with Crippen LogP contribution < -0.4 is 10.6 Å². The highest BCUT2D eigenvalue weighted by Gasteiger charge is 2.23. The van der Waals surface area contributed by atoms with Crippen molar-refractivity contribution in [2.75, 3.05) is 5.32 Å². The molecule has 0 saturated carbocycles. The zero-order valence-corrected chi connectivity index (χ0v) is 16.3. The molecule has 6 nitrogen and oxygen atoms in total. The fourth-order valence-corrected chi connectivity index (χ4v) is 3.21. The van der Waals surface area contributed by atoms with E-state index in [0.717, 1.165) is 11.1 Å². The fraction of sp³-hybridized carbons (Fsp3) is 0.174. The van der Waals surface area contributed by atoms with Gasteiger partial charge in [-0.1, -0.05) is 65.8 Å². The van der Waals surface area contributed by atoms with Gasteiger partial charge in [-0.3, -0.25) is 0 Å². The van der Waals surface area contributed by atoms with Gasteiger partial charge in [-0.05, 0) is 53.8 Å². The minimum atomic E-state index is -0.489. The highest BCUT2D eigenvalue weighted by atomic mass is 19.1. The number of nitrogens with one attached hydrogen (secondary N) is 2. The Kier molecular flexibility index (Phi) is 7.41. The van der Waals surface area contributed by atoms with Gasteiger partial charge in [0.2, 0.25) is 0 Å². The van der Waals surface area contributed by atoms with E-state index in [2.05, 4.69) is 20.7 Å². The molecule has 3 aromatic rings. The Bertz CT molecular complexity index is 989. The Morgan fingerprint density at radius 1 is 0.900 bits per heavy atom. The predicted molar refractivity (Wildman–Crippen MR) is 116 cm³/mol. The van der Waals surface area contributed by atoms with Crippen molar-refractivity contribution >= 4 is 11.7 Å². The second-order valence-corrected chi connectivity index (χ2v) is 6.86. The van der Waals surface area contributed by atoms with Crippen molar-refractivity contribution in [3.05, 3.63) is 112 Å². The molecule has 0 aromatic heterocycles. The molecule has 0 spiro atoms. The van der Waals surface area contributed by atoms with Crippen molar-refractivity contribution < 1.29 is 9.18 Å². The van der Waals surface area contributed by atoms with Gasteiger partial charge in [0, 0.05) is 16.6 Å². The summed E-state index contributed by atoms with van der Waals surface area (Å²) in [5, 5.41) is 9.60. The maximum Gasteiger partial charge on any atom is 0.319 e. The number of halogens is 1. The molecule has 2 atom stereocenters. The van der Waals surface area contributed by atoms with Gasteiger partial charge >= 0.3 is 6.03 Å². The molecule has 0 bridgehead atoms. The molecule has 0 saturated heterocycles. The van der Waals surface area contributed by atoms with Crippen LogP contribution >= 0.6 is 0 Å². The first-order chi connectivity index (χ1) is 14.6. The maximum atomic E-state index is 13.1. The van der Waals surface area contributed by atoms with E-state index in [4.69, 9.17) is 5.53 Å². The number of amides is 2. The van der Waals surface area contributed by atoms with E-state index in [1.54, 1.807) is 0 Å². The molecule has 0 aliphatic rings. The van der Waals surface area contributed by atoms with E-state index >= 15 is 0 Å². The Morgan fingerprint density at radius 2 is 1.47 bits per heavy atom. The smallest absolute Gasteiger partial charge is 0.319 e. The Hall–Kier alpha value is -3.83. The minimum absolute atomic E-state index is 0.380. The number of rotatable bonds is 8. The molecule has 0 fully saturated rings. The van der Waals surface area contributed by atoms with E-state index in [1.165, 1.54) is 24.3 Å². The first-order valence-corrected chi connectivity index (χ1v) is 9.59. The lowest BCUT2D eigenvalue weighted by molar-refractivity contribution is 0.246. The van der Waals surface area contributed by atoms with E-state index in [-0.39, 0.29) is 5.82 Å². The molecule has 3 aromatic carbocycles. The fourth-order valence-electron chi connectivity index (χ4n) is 3.21. The zero-order valence-electron chi connectivity index (χ0n) is 16.3. The van der Waals surface area contributed by atoms with Crippen LogP contribution in [-0.4, -0.2) is 18.1 Å². The second-order valence-electron chi connectivity index (χ2n) is 6.86. The SMILES string of the molecule is [N-]=[N+]=N[C@@H](Cc1ccccc1)[C@H](Cc1ccccc1)NC(=O)Nc1ccc(F)cc1. The second kappa shape index (κ2) is 10.6. The molecule has 3 rings (SSSR count). The number of urea groups is 1. The van der Waals surface area contributed by atoms with E-state index in [1.807, 2.05) is 60.7 Å². The quantitative estimate of drug-likeness (QED) is 0.291. The van der Waals surface area contributed by atoms with Crippen LogP contribution in [0.15, 0.2) is 90.0 Å². The van der Waals surface area contributed by atoms with Crippen LogP contribution in [0.4, 0.5) is 14.9 Å². The number of hydrogen-bond donors (Lipinski definition) is 2. The summed E-state index contributed by atoms with van der Waals surface area (Å²) < 4.78 is 13.1. The Labute approximate surface area is 174 Å². The number of carbonyl (C=O) groups is 1. The number of azide groups is 1. The summed E-state index contributed by atoms with van der Waals surface area (Å²) in [7, 11) is 0. The van der Waals surface area contributed by atoms with E-state index < -0.39 is 18.1 Å². The van der Waals surface area contributed by atoms with Crippen molar-refractivity contribution in [2.24, 2.45) is 5.11 Å². The summed E-state index contributed by atoms with van der Waals surface area (Å²) in [6.45, 7) is 0. The summed E-state index contributed by atoms with van der Waals surface area (Å²) in [6.07, 6.45) is 0.980. The molecule has 2 amide bonds. The summed E-state index contributed by atoms with van der Waals surface area (Å²) in [6, 6.07) is 23.5. The molecule has 0 radical (unpaired) electrons. The molecule has 0 aliphatic heterocycles. The number of hydrogen-bond acceptors (Lipinski definition) is 2. The molecule has 0 heterocycles. The van der Waals surface area contributed by atoms with Crippen LogP contribution in [0.2, 0.25) is 0 Å². The molecule has 0 aliphatic carbocycles. The van der Waals surface area contributed by atoms with Gasteiger partial charge in [0.15, 0.2) is 0 Å². The third-order valence-corrected chi connectivity index (χ3v) is 4.67.